The predicted octanol–water partition coefficient (Wildman–Crippen LogP) is 0.814. The number of rotatable bonds is 6. The van der Waals surface area contributed by atoms with Crippen molar-refractivity contribution >= 4 is 21.6 Å². The van der Waals surface area contributed by atoms with E-state index in [4.69, 9.17) is 9.52 Å². The second kappa shape index (κ2) is 6.90. The Morgan fingerprint density at radius 3 is 2.43 bits per heavy atom. The molecule has 0 radical (unpaired) electrons. The molecule has 0 unspecified atom stereocenters. The van der Waals surface area contributed by atoms with Gasteiger partial charge in [0.25, 0.3) is 5.91 Å². The van der Waals surface area contributed by atoms with Gasteiger partial charge in [-0.25, -0.2) is 18.1 Å². The topological polar surface area (TPSA) is 122 Å². The largest absolute Gasteiger partial charge is 0.436 e. The number of aryl methyl sites for hydroxylation is 2. The second-order valence-electron chi connectivity index (χ2n) is 4.75. The van der Waals surface area contributed by atoms with Gasteiger partial charge in [0.1, 0.15) is 0 Å². The molecule has 124 valence electrons. The van der Waals surface area contributed by atoms with Gasteiger partial charge in [-0.05, 0) is 31.2 Å². The predicted molar refractivity (Wildman–Crippen MR) is 82.6 cm³/mol. The maximum Gasteiger partial charge on any atom is 0.293 e. The van der Waals surface area contributed by atoms with E-state index in [9.17, 15) is 13.2 Å². The Hall–Kier alpha value is -2.23. The minimum absolute atomic E-state index is 0.0376. The summed E-state index contributed by atoms with van der Waals surface area (Å²) in [4.78, 5) is 16.1. The lowest BCUT2D eigenvalue weighted by molar-refractivity contribution is 0.0994. The summed E-state index contributed by atoms with van der Waals surface area (Å²) in [6, 6.07) is 5.63. The molecule has 3 N–H and O–H groups in total. The van der Waals surface area contributed by atoms with Crippen LogP contribution in [0.5, 0.6) is 0 Å². The van der Waals surface area contributed by atoms with E-state index in [1.54, 1.807) is 13.8 Å². The summed E-state index contributed by atoms with van der Waals surface area (Å²) in [6.45, 7) is 2.95. The third-order valence-electron chi connectivity index (χ3n) is 2.94. The van der Waals surface area contributed by atoms with Gasteiger partial charge < -0.3 is 14.8 Å². The molecule has 0 fully saturated rings. The van der Waals surface area contributed by atoms with E-state index >= 15 is 0 Å². The number of aliphatic hydroxyl groups is 1. The molecule has 0 aliphatic rings. The molecule has 0 aliphatic carbocycles. The van der Waals surface area contributed by atoms with Crippen LogP contribution < -0.4 is 10.0 Å². The average Bonchev–Trinajstić information content (AvgIpc) is 2.84. The highest BCUT2D eigenvalue weighted by molar-refractivity contribution is 7.89. The summed E-state index contributed by atoms with van der Waals surface area (Å²) in [5, 5.41) is 11.3. The van der Waals surface area contributed by atoms with Crippen molar-refractivity contribution < 1.29 is 22.7 Å². The van der Waals surface area contributed by atoms with Crippen molar-refractivity contribution in [1.82, 2.24) is 9.71 Å². The fraction of sp³-hybridized carbons (Fsp3) is 0.286. The fourth-order valence-corrected chi connectivity index (χ4v) is 2.93. The number of nitrogens with zero attached hydrogens (tertiary/aromatic N) is 1. The maximum absolute atomic E-state index is 12.1. The molecule has 2 rings (SSSR count). The summed E-state index contributed by atoms with van der Waals surface area (Å²) >= 11 is 0. The summed E-state index contributed by atoms with van der Waals surface area (Å²) in [5.41, 5.74) is 0.900. The third-order valence-corrected chi connectivity index (χ3v) is 4.41. The number of carbonyl (C=O) groups is 1. The van der Waals surface area contributed by atoms with Crippen molar-refractivity contribution in [1.29, 1.82) is 0 Å². The molecule has 2 aromatic rings. The molecule has 0 aliphatic heterocycles. The molecule has 9 heteroatoms. The van der Waals surface area contributed by atoms with E-state index in [-0.39, 0.29) is 23.8 Å². The number of aromatic nitrogens is 1. The molecule has 8 nitrogen and oxygen atoms in total. The van der Waals surface area contributed by atoms with Crippen molar-refractivity contribution in [2.24, 2.45) is 0 Å². The van der Waals surface area contributed by atoms with Crippen LogP contribution in [0.25, 0.3) is 0 Å². The smallest absolute Gasteiger partial charge is 0.293 e. The van der Waals surface area contributed by atoms with Crippen LogP contribution in [0, 0.1) is 13.8 Å². The van der Waals surface area contributed by atoms with Gasteiger partial charge in [0, 0.05) is 19.2 Å². The number of aliphatic hydroxyl groups excluding tert-OH is 1. The fourth-order valence-electron chi connectivity index (χ4n) is 1.91. The van der Waals surface area contributed by atoms with Crippen molar-refractivity contribution in [3.05, 3.63) is 41.6 Å². The normalized spacial score (nSPS) is 11.4. The first-order valence-corrected chi connectivity index (χ1v) is 8.28. The highest BCUT2D eigenvalue weighted by Gasteiger charge is 2.17. The Kier molecular flexibility index (Phi) is 5.14. The average molecular weight is 339 g/mol. The van der Waals surface area contributed by atoms with E-state index in [1.165, 1.54) is 24.3 Å². The van der Waals surface area contributed by atoms with E-state index in [1.807, 2.05) is 0 Å². The first kappa shape index (κ1) is 17.1. The van der Waals surface area contributed by atoms with Crippen LogP contribution in [0.15, 0.2) is 33.6 Å². The van der Waals surface area contributed by atoms with Crippen LogP contribution in [0.4, 0.5) is 5.69 Å². The minimum Gasteiger partial charge on any atom is -0.436 e. The number of carbonyl (C=O) groups excluding carboxylic acids is 1. The summed E-state index contributed by atoms with van der Waals surface area (Å²) in [7, 11) is -3.67. The van der Waals surface area contributed by atoms with E-state index in [0.717, 1.165) is 0 Å². The zero-order valence-corrected chi connectivity index (χ0v) is 13.5. The second-order valence-corrected chi connectivity index (χ2v) is 6.51. The van der Waals surface area contributed by atoms with Gasteiger partial charge in [-0.3, -0.25) is 4.79 Å². The molecule has 1 aromatic carbocycles. The summed E-state index contributed by atoms with van der Waals surface area (Å²) in [6.07, 6.45) is 0. The highest BCUT2D eigenvalue weighted by atomic mass is 32.2. The van der Waals surface area contributed by atoms with Gasteiger partial charge in [-0.2, -0.15) is 0 Å². The molecule has 1 heterocycles. The highest BCUT2D eigenvalue weighted by Crippen LogP contribution is 2.16. The van der Waals surface area contributed by atoms with E-state index in [2.05, 4.69) is 15.0 Å². The zero-order valence-electron chi connectivity index (χ0n) is 12.7. The van der Waals surface area contributed by atoms with E-state index in [0.29, 0.717) is 17.3 Å². The quantitative estimate of drug-likeness (QED) is 0.716. The SMILES string of the molecule is Cc1nc(C)c(C(=O)Nc2ccc(S(=O)(=O)NCCO)cc2)o1. The molecule has 1 aromatic heterocycles. The van der Waals surface area contributed by atoms with Gasteiger partial charge in [0.15, 0.2) is 5.89 Å². The minimum atomic E-state index is -3.67. The molecule has 0 spiro atoms. The molecular weight excluding hydrogens is 322 g/mol. The number of sulfonamides is 1. The number of amides is 1. The Balaban J connectivity index is 2.11. The molecule has 0 saturated carbocycles. The van der Waals surface area contributed by atoms with Crippen molar-refractivity contribution in [3.63, 3.8) is 0 Å². The summed E-state index contributed by atoms with van der Waals surface area (Å²) in [5.74, 6) is 0.0463. The van der Waals surface area contributed by atoms with Crippen LogP contribution in [-0.4, -0.2) is 37.6 Å². The van der Waals surface area contributed by atoms with Crippen LogP contribution >= 0.6 is 0 Å². The number of nitrogens with one attached hydrogen (secondary N) is 2. The number of oxazole rings is 1. The Morgan fingerprint density at radius 2 is 1.91 bits per heavy atom. The monoisotopic (exact) mass is 339 g/mol. The lowest BCUT2D eigenvalue weighted by Crippen LogP contribution is -2.26. The van der Waals surface area contributed by atoms with Gasteiger partial charge >= 0.3 is 0 Å². The standard InChI is InChI=1S/C14H17N3O5S/c1-9-13(22-10(2)16-9)14(19)17-11-3-5-12(6-4-11)23(20,21)15-7-8-18/h3-6,15,18H,7-8H2,1-2H3,(H,17,19). The third kappa shape index (κ3) is 4.15. The molecular formula is C14H17N3O5S. The number of hydrogen-bond acceptors (Lipinski definition) is 6. The molecule has 0 atom stereocenters. The Labute approximate surface area is 133 Å². The first-order valence-electron chi connectivity index (χ1n) is 6.79. The lowest BCUT2D eigenvalue weighted by atomic mass is 10.3. The van der Waals surface area contributed by atoms with Crippen molar-refractivity contribution in [3.8, 4) is 0 Å². The van der Waals surface area contributed by atoms with Gasteiger partial charge in [-0.1, -0.05) is 0 Å². The zero-order chi connectivity index (χ0) is 17.0. The number of hydrogen-bond donors (Lipinski definition) is 3. The number of benzene rings is 1. The molecule has 0 bridgehead atoms. The Morgan fingerprint density at radius 1 is 1.26 bits per heavy atom. The lowest BCUT2D eigenvalue weighted by Gasteiger charge is -2.07. The molecule has 1 amide bonds. The van der Waals surface area contributed by atoms with Crippen LogP contribution in [0.3, 0.4) is 0 Å². The van der Waals surface area contributed by atoms with Crippen LogP contribution in [-0.2, 0) is 10.0 Å². The summed E-state index contributed by atoms with van der Waals surface area (Å²) < 4.78 is 31.2. The van der Waals surface area contributed by atoms with Gasteiger partial charge in [-0.15, -0.1) is 0 Å². The molecule has 23 heavy (non-hydrogen) atoms. The van der Waals surface area contributed by atoms with Crippen LogP contribution in [0.1, 0.15) is 22.1 Å². The van der Waals surface area contributed by atoms with Crippen molar-refractivity contribution in [2.45, 2.75) is 18.7 Å². The Bertz CT molecular complexity index is 796. The van der Waals surface area contributed by atoms with Crippen molar-refractivity contribution in [2.75, 3.05) is 18.5 Å². The maximum atomic E-state index is 12.1. The van der Waals surface area contributed by atoms with Gasteiger partial charge in [0.2, 0.25) is 15.8 Å². The molecule has 0 saturated heterocycles. The van der Waals surface area contributed by atoms with E-state index < -0.39 is 15.9 Å². The number of anilines is 1. The van der Waals surface area contributed by atoms with Gasteiger partial charge in [0.05, 0.1) is 17.2 Å². The first-order chi connectivity index (χ1) is 10.8. The van der Waals surface area contributed by atoms with Crippen LogP contribution in [0.2, 0.25) is 0 Å².